The van der Waals surface area contributed by atoms with Gasteiger partial charge >= 0.3 is 0 Å². The highest BCUT2D eigenvalue weighted by Gasteiger charge is 2.32. The Hall–Kier alpha value is -0.990. The van der Waals surface area contributed by atoms with Gasteiger partial charge in [0.15, 0.2) is 0 Å². The van der Waals surface area contributed by atoms with Gasteiger partial charge in [0.25, 0.3) is 5.91 Å². The number of carbonyl (C=O) groups is 1. The van der Waals surface area contributed by atoms with Crippen LogP contribution >= 0.6 is 11.3 Å². The molecule has 1 aliphatic heterocycles. The maximum absolute atomic E-state index is 12.9. The molecule has 2 aliphatic rings. The zero-order chi connectivity index (χ0) is 17.3. The average Bonchev–Trinajstić information content (AvgIpc) is 3.23. The van der Waals surface area contributed by atoms with Crippen molar-refractivity contribution in [2.75, 3.05) is 26.4 Å². The quantitative estimate of drug-likeness (QED) is 0.814. The largest absolute Gasteiger partial charge is 0.338 e. The van der Waals surface area contributed by atoms with Gasteiger partial charge in [-0.15, -0.1) is 11.3 Å². The van der Waals surface area contributed by atoms with Crippen molar-refractivity contribution in [3.8, 4) is 0 Å². The summed E-state index contributed by atoms with van der Waals surface area (Å²) in [6.07, 6.45) is 7.30. The normalized spacial score (nSPS) is 21.2. The number of hydrogen-bond acceptors (Lipinski definition) is 5. The fourth-order valence-corrected chi connectivity index (χ4v) is 5.52. The molecule has 1 saturated carbocycles. The van der Waals surface area contributed by atoms with Crippen molar-refractivity contribution in [3.63, 3.8) is 0 Å². The van der Waals surface area contributed by atoms with Gasteiger partial charge in [-0.3, -0.25) is 4.79 Å². The van der Waals surface area contributed by atoms with Crippen molar-refractivity contribution in [1.82, 2.24) is 14.2 Å². The fourth-order valence-electron chi connectivity index (χ4n) is 3.79. The van der Waals surface area contributed by atoms with Crippen molar-refractivity contribution in [3.05, 3.63) is 16.1 Å². The highest BCUT2D eigenvalue weighted by Crippen LogP contribution is 2.36. The minimum atomic E-state index is -3.13. The van der Waals surface area contributed by atoms with E-state index in [0.29, 0.717) is 31.8 Å². The number of carbonyl (C=O) groups excluding carboxylic acids is 1. The number of piperidine rings is 1. The highest BCUT2D eigenvalue weighted by molar-refractivity contribution is 7.88. The highest BCUT2D eigenvalue weighted by atomic mass is 32.2. The first-order chi connectivity index (χ1) is 11.4. The van der Waals surface area contributed by atoms with Gasteiger partial charge in [-0.05, 0) is 25.7 Å². The number of nitrogens with zero attached hydrogens (tertiary/aromatic N) is 3. The molecule has 0 aromatic carbocycles. The number of amides is 1. The fraction of sp³-hybridized carbons (Fsp3) is 0.750. The molecule has 3 rings (SSSR count). The van der Waals surface area contributed by atoms with E-state index < -0.39 is 10.0 Å². The van der Waals surface area contributed by atoms with Crippen LogP contribution in [0.1, 0.15) is 59.8 Å². The van der Waals surface area contributed by atoms with Crippen LogP contribution in [0.5, 0.6) is 0 Å². The Morgan fingerprint density at radius 1 is 1.25 bits per heavy atom. The van der Waals surface area contributed by atoms with Crippen LogP contribution in [0.2, 0.25) is 0 Å². The van der Waals surface area contributed by atoms with Crippen LogP contribution in [-0.2, 0) is 10.0 Å². The molecule has 0 bridgehead atoms. The molecule has 2 heterocycles. The first-order valence-corrected chi connectivity index (χ1v) is 11.3. The second kappa shape index (κ2) is 7.09. The van der Waals surface area contributed by atoms with Crippen molar-refractivity contribution in [2.45, 2.75) is 50.5 Å². The predicted molar refractivity (Wildman–Crippen MR) is 94.9 cm³/mol. The lowest BCUT2D eigenvalue weighted by molar-refractivity contribution is 0.0685. The van der Waals surface area contributed by atoms with Crippen LogP contribution in [0.15, 0.2) is 5.51 Å². The Kier molecular flexibility index (Phi) is 5.27. The van der Waals surface area contributed by atoms with E-state index in [0.717, 1.165) is 23.4 Å². The molecular weight excluding hydrogens is 346 g/mol. The molecule has 1 amide bonds. The van der Waals surface area contributed by atoms with Crippen LogP contribution < -0.4 is 0 Å². The van der Waals surface area contributed by atoms with Gasteiger partial charge in [-0.2, -0.15) is 0 Å². The molecular formula is C16H25N3O3S2. The zero-order valence-corrected chi connectivity index (χ0v) is 15.9. The molecule has 0 spiro atoms. The molecule has 1 aliphatic carbocycles. The lowest BCUT2D eigenvalue weighted by Gasteiger charge is -2.35. The minimum absolute atomic E-state index is 0.0391. The Balaban J connectivity index is 1.67. The van der Waals surface area contributed by atoms with E-state index in [9.17, 15) is 13.2 Å². The van der Waals surface area contributed by atoms with Gasteiger partial charge in [0.1, 0.15) is 4.88 Å². The second-order valence-corrected chi connectivity index (χ2v) is 9.69. The number of aromatic nitrogens is 1. The molecule has 8 heteroatoms. The minimum Gasteiger partial charge on any atom is -0.338 e. The summed E-state index contributed by atoms with van der Waals surface area (Å²) in [5.74, 6) is 0.466. The zero-order valence-electron chi connectivity index (χ0n) is 14.3. The predicted octanol–water partition coefficient (Wildman–Crippen LogP) is 2.30. The third-order valence-corrected chi connectivity index (χ3v) is 7.43. The lowest BCUT2D eigenvalue weighted by Crippen LogP contribution is -2.47. The molecule has 1 saturated heterocycles. The summed E-state index contributed by atoms with van der Waals surface area (Å²) >= 11 is 1.43. The van der Waals surface area contributed by atoms with E-state index in [-0.39, 0.29) is 11.9 Å². The van der Waals surface area contributed by atoms with E-state index in [4.69, 9.17) is 0 Å². The first-order valence-electron chi connectivity index (χ1n) is 8.53. The number of hydrogen-bond donors (Lipinski definition) is 0. The second-order valence-electron chi connectivity index (χ2n) is 6.86. The Labute approximate surface area is 147 Å². The van der Waals surface area contributed by atoms with E-state index in [1.54, 1.807) is 10.4 Å². The lowest BCUT2D eigenvalue weighted by atomic mass is 10.0. The van der Waals surface area contributed by atoms with Crippen LogP contribution in [0.4, 0.5) is 0 Å². The molecule has 0 unspecified atom stereocenters. The molecule has 0 radical (unpaired) electrons. The smallest absolute Gasteiger partial charge is 0.265 e. The topological polar surface area (TPSA) is 70.6 Å². The molecule has 1 aromatic heterocycles. The summed E-state index contributed by atoms with van der Waals surface area (Å²) in [6.45, 7) is 0.971. The van der Waals surface area contributed by atoms with E-state index >= 15 is 0 Å². The van der Waals surface area contributed by atoms with Gasteiger partial charge in [0.2, 0.25) is 10.0 Å². The summed E-state index contributed by atoms with van der Waals surface area (Å²) in [5.41, 5.74) is 2.75. The molecule has 134 valence electrons. The molecule has 6 nitrogen and oxygen atoms in total. The maximum atomic E-state index is 12.9. The molecule has 24 heavy (non-hydrogen) atoms. The third kappa shape index (κ3) is 3.65. The third-order valence-electron chi connectivity index (χ3n) is 5.29. The Bertz CT molecular complexity index is 687. The SMILES string of the molecule is CN(C(=O)c1scnc1C1CCCC1)C1CCN(S(C)(=O)=O)CC1. The average molecular weight is 372 g/mol. The van der Waals surface area contributed by atoms with Gasteiger partial charge in [0, 0.05) is 32.1 Å². The van der Waals surface area contributed by atoms with Gasteiger partial charge in [-0.1, -0.05) is 12.8 Å². The van der Waals surface area contributed by atoms with E-state index in [1.165, 1.54) is 34.7 Å². The maximum Gasteiger partial charge on any atom is 0.265 e. The number of rotatable bonds is 4. The molecule has 2 fully saturated rings. The van der Waals surface area contributed by atoms with Crippen LogP contribution in [0.25, 0.3) is 0 Å². The van der Waals surface area contributed by atoms with E-state index in [1.807, 2.05) is 7.05 Å². The summed E-state index contributed by atoms with van der Waals surface area (Å²) in [7, 11) is -1.30. The number of sulfonamides is 1. The van der Waals surface area contributed by atoms with Crippen molar-refractivity contribution >= 4 is 27.3 Å². The van der Waals surface area contributed by atoms with Gasteiger partial charge in [0.05, 0.1) is 17.5 Å². The van der Waals surface area contributed by atoms with Crippen molar-refractivity contribution in [1.29, 1.82) is 0 Å². The monoisotopic (exact) mass is 371 g/mol. The van der Waals surface area contributed by atoms with Crippen LogP contribution in [0.3, 0.4) is 0 Å². The summed E-state index contributed by atoms with van der Waals surface area (Å²) < 4.78 is 24.7. The summed E-state index contributed by atoms with van der Waals surface area (Å²) in [5, 5.41) is 0. The van der Waals surface area contributed by atoms with Gasteiger partial charge < -0.3 is 4.90 Å². The standard InChI is InChI=1S/C16H25N3O3S2/c1-18(13-7-9-19(10-8-13)24(2,21)22)16(20)15-14(17-11-23-15)12-5-3-4-6-12/h11-13H,3-10H2,1-2H3. The summed E-state index contributed by atoms with van der Waals surface area (Å²) in [4.78, 5) is 20.0. The van der Waals surface area contributed by atoms with Crippen LogP contribution in [0, 0.1) is 0 Å². The van der Waals surface area contributed by atoms with Crippen molar-refractivity contribution in [2.24, 2.45) is 0 Å². The van der Waals surface area contributed by atoms with Gasteiger partial charge in [-0.25, -0.2) is 17.7 Å². The molecule has 0 N–H and O–H groups in total. The van der Waals surface area contributed by atoms with E-state index in [2.05, 4.69) is 4.98 Å². The first kappa shape index (κ1) is 17.8. The Morgan fingerprint density at radius 2 is 1.88 bits per heavy atom. The Morgan fingerprint density at radius 3 is 2.46 bits per heavy atom. The molecule has 1 aromatic rings. The van der Waals surface area contributed by atoms with Crippen LogP contribution in [-0.4, -0.2) is 60.9 Å². The number of thiazole rings is 1. The van der Waals surface area contributed by atoms with Crippen molar-refractivity contribution < 1.29 is 13.2 Å². The summed E-state index contributed by atoms with van der Waals surface area (Å²) in [6, 6.07) is 0.0917. The molecule has 0 atom stereocenters.